The van der Waals surface area contributed by atoms with Crippen LogP contribution in [0.3, 0.4) is 0 Å². The molecule has 0 saturated carbocycles. The maximum Gasteiger partial charge on any atom is 0.416 e. The Morgan fingerprint density at radius 3 is 2.41 bits per heavy atom. The summed E-state index contributed by atoms with van der Waals surface area (Å²) in [7, 11) is -3.13. The predicted molar refractivity (Wildman–Crippen MR) is 124 cm³/mol. The third-order valence-electron chi connectivity index (χ3n) is 5.24. The molecular formula is C21H18F3N3O4S3. The topological polar surface area (TPSA) is 91.0 Å². The minimum atomic E-state index is -4.65. The second-order valence-corrected chi connectivity index (χ2v) is 11.8. The van der Waals surface area contributed by atoms with Gasteiger partial charge in [-0.05, 0) is 25.5 Å². The number of rotatable bonds is 5. The lowest BCUT2D eigenvalue weighted by molar-refractivity contribution is -0.138. The predicted octanol–water partition coefficient (Wildman–Crippen LogP) is 4.24. The molecule has 3 aromatic heterocycles. The molecule has 7 nitrogen and oxygen atoms in total. The Hall–Kier alpha value is -2.77. The molecular weight excluding hydrogens is 511 g/mol. The van der Waals surface area contributed by atoms with Gasteiger partial charge in [-0.3, -0.25) is 13.9 Å². The van der Waals surface area contributed by atoms with Crippen LogP contribution < -0.4 is 11.2 Å². The number of benzene rings is 1. The fourth-order valence-corrected chi connectivity index (χ4v) is 8.06. The number of alkyl halides is 3. The van der Waals surface area contributed by atoms with Crippen LogP contribution in [0.2, 0.25) is 0 Å². The number of fused-ring (bicyclic) bond motifs is 1. The Morgan fingerprint density at radius 1 is 1.15 bits per heavy atom. The van der Waals surface area contributed by atoms with Crippen molar-refractivity contribution in [2.24, 2.45) is 7.05 Å². The number of halogens is 3. The van der Waals surface area contributed by atoms with Crippen LogP contribution in [0, 0.1) is 0 Å². The van der Waals surface area contributed by atoms with E-state index in [2.05, 4.69) is 4.98 Å². The van der Waals surface area contributed by atoms with E-state index in [-0.39, 0.29) is 25.0 Å². The normalized spacial score (nSPS) is 12.7. The molecule has 0 aliphatic rings. The van der Waals surface area contributed by atoms with Crippen molar-refractivity contribution in [1.29, 1.82) is 0 Å². The monoisotopic (exact) mass is 529 g/mol. The molecule has 4 aromatic rings. The van der Waals surface area contributed by atoms with Gasteiger partial charge in [0, 0.05) is 36.0 Å². The van der Waals surface area contributed by atoms with Crippen molar-refractivity contribution in [2.45, 2.75) is 41.7 Å². The molecule has 0 N–H and O–H groups in total. The third-order valence-corrected chi connectivity index (χ3v) is 9.63. The molecule has 180 valence electrons. The summed E-state index contributed by atoms with van der Waals surface area (Å²) in [6.45, 7) is 3.39. The lowest BCUT2D eigenvalue weighted by Gasteiger charge is -2.13. The SMILES string of the molecule is CC(C)n1c(=O)n(C)c(=O)c2c(S(=O)(=O)c3nccs3)c(Cc3ccccc3C(F)(F)F)sc21. The van der Waals surface area contributed by atoms with Gasteiger partial charge in [0.2, 0.25) is 14.2 Å². The molecule has 0 saturated heterocycles. The highest BCUT2D eigenvalue weighted by molar-refractivity contribution is 7.93. The first-order valence-electron chi connectivity index (χ1n) is 9.92. The zero-order chi connectivity index (χ0) is 25.0. The van der Waals surface area contributed by atoms with Gasteiger partial charge in [-0.25, -0.2) is 18.2 Å². The van der Waals surface area contributed by atoms with E-state index in [0.717, 1.165) is 33.3 Å². The summed E-state index contributed by atoms with van der Waals surface area (Å²) in [6, 6.07) is 4.42. The first kappa shape index (κ1) is 24.4. The number of thiophene rings is 1. The van der Waals surface area contributed by atoms with E-state index in [1.807, 2.05) is 0 Å². The van der Waals surface area contributed by atoms with E-state index in [4.69, 9.17) is 0 Å². The van der Waals surface area contributed by atoms with Gasteiger partial charge in [-0.15, -0.1) is 22.7 Å². The summed E-state index contributed by atoms with van der Waals surface area (Å²) in [6.07, 6.45) is -3.77. The summed E-state index contributed by atoms with van der Waals surface area (Å²) >= 11 is 1.67. The maximum absolute atomic E-state index is 13.6. The van der Waals surface area contributed by atoms with Crippen LogP contribution in [-0.4, -0.2) is 22.5 Å². The Bertz CT molecular complexity index is 1610. The maximum atomic E-state index is 13.6. The zero-order valence-corrected chi connectivity index (χ0v) is 20.5. The summed E-state index contributed by atoms with van der Waals surface area (Å²) in [5.74, 6) is 0. The van der Waals surface area contributed by atoms with Gasteiger partial charge in [0.15, 0.2) is 0 Å². The van der Waals surface area contributed by atoms with Crippen LogP contribution in [0.5, 0.6) is 0 Å². The summed E-state index contributed by atoms with van der Waals surface area (Å²) < 4.78 is 69.9. The lowest BCUT2D eigenvalue weighted by Crippen LogP contribution is -2.38. The van der Waals surface area contributed by atoms with Crippen LogP contribution in [0.4, 0.5) is 13.2 Å². The number of nitrogens with zero attached hydrogens (tertiary/aromatic N) is 3. The summed E-state index contributed by atoms with van der Waals surface area (Å²) in [5, 5.41) is 1.22. The number of hydrogen-bond acceptors (Lipinski definition) is 7. The highest BCUT2D eigenvalue weighted by Crippen LogP contribution is 2.40. The molecule has 0 unspecified atom stereocenters. The van der Waals surface area contributed by atoms with Crippen molar-refractivity contribution in [1.82, 2.24) is 14.1 Å². The van der Waals surface area contributed by atoms with Crippen LogP contribution in [0.15, 0.2) is 54.7 Å². The van der Waals surface area contributed by atoms with Crippen LogP contribution >= 0.6 is 22.7 Å². The highest BCUT2D eigenvalue weighted by atomic mass is 32.2. The van der Waals surface area contributed by atoms with Crippen molar-refractivity contribution in [2.75, 3.05) is 0 Å². The largest absolute Gasteiger partial charge is 0.416 e. The first-order valence-corrected chi connectivity index (χ1v) is 13.1. The zero-order valence-electron chi connectivity index (χ0n) is 18.1. The number of aromatic nitrogens is 3. The van der Waals surface area contributed by atoms with Gasteiger partial charge >= 0.3 is 11.9 Å². The van der Waals surface area contributed by atoms with Crippen LogP contribution in [0.1, 0.15) is 35.9 Å². The summed E-state index contributed by atoms with van der Waals surface area (Å²) in [5.41, 5.74) is -2.53. The molecule has 0 fully saturated rings. The summed E-state index contributed by atoms with van der Waals surface area (Å²) in [4.78, 5) is 29.5. The molecule has 0 spiro atoms. The Labute approximate surface area is 199 Å². The highest BCUT2D eigenvalue weighted by Gasteiger charge is 2.36. The van der Waals surface area contributed by atoms with Crippen molar-refractivity contribution >= 4 is 42.7 Å². The Kier molecular flexibility index (Phi) is 6.07. The van der Waals surface area contributed by atoms with E-state index in [0.29, 0.717) is 0 Å². The number of sulfone groups is 1. The van der Waals surface area contributed by atoms with Gasteiger partial charge in [-0.1, -0.05) is 18.2 Å². The molecule has 34 heavy (non-hydrogen) atoms. The van der Waals surface area contributed by atoms with E-state index < -0.39 is 50.2 Å². The van der Waals surface area contributed by atoms with Crippen LogP contribution in [-0.2, 0) is 29.5 Å². The standard InChI is InChI=1S/C21H18F3N3O4S3/c1-11(2)27-18-15(17(28)26(3)20(27)29)16(34(30,31)19-25-8-9-32-19)14(33-18)10-12-6-4-5-7-13(12)21(22,23)24/h4-9,11H,10H2,1-3H3. The van der Waals surface area contributed by atoms with Gasteiger partial charge in [0.25, 0.3) is 5.56 Å². The van der Waals surface area contributed by atoms with Crippen molar-refractivity contribution in [3.8, 4) is 0 Å². The average molecular weight is 530 g/mol. The molecule has 0 aliphatic carbocycles. The molecule has 13 heteroatoms. The molecule has 0 aliphatic heterocycles. The fraction of sp³-hybridized carbons (Fsp3) is 0.286. The minimum absolute atomic E-state index is 0.0269. The average Bonchev–Trinajstić information content (AvgIpc) is 3.41. The van der Waals surface area contributed by atoms with E-state index >= 15 is 0 Å². The molecule has 0 amide bonds. The van der Waals surface area contributed by atoms with E-state index in [1.165, 1.54) is 41.4 Å². The second-order valence-electron chi connectivity index (χ2n) is 7.78. The fourth-order valence-electron chi connectivity index (χ4n) is 3.72. The van der Waals surface area contributed by atoms with E-state index in [1.54, 1.807) is 13.8 Å². The Balaban J connectivity index is 2.14. The van der Waals surface area contributed by atoms with Gasteiger partial charge in [-0.2, -0.15) is 13.2 Å². The molecule has 0 bridgehead atoms. The number of thiazole rings is 1. The van der Waals surface area contributed by atoms with Gasteiger partial charge < -0.3 is 0 Å². The molecule has 1 aromatic carbocycles. The van der Waals surface area contributed by atoms with E-state index in [9.17, 15) is 31.2 Å². The number of hydrogen-bond donors (Lipinski definition) is 0. The van der Waals surface area contributed by atoms with Crippen molar-refractivity contribution in [3.63, 3.8) is 0 Å². The van der Waals surface area contributed by atoms with Crippen LogP contribution in [0.25, 0.3) is 10.2 Å². The quantitative estimate of drug-likeness (QED) is 0.386. The molecule has 3 heterocycles. The van der Waals surface area contributed by atoms with Crippen molar-refractivity contribution < 1.29 is 21.6 Å². The smallest absolute Gasteiger partial charge is 0.282 e. The lowest BCUT2D eigenvalue weighted by atomic mass is 10.0. The first-order chi connectivity index (χ1) is 15.9. The van der Waals surface area contributed by atoms with Gasteiger partial charge in [0.05, 0.1) is 10.9 Å². The van der Waals surface area contributed by atoms with Crippen molar-refractivity contribution in [3.05, 3.63) is 72.7 Å². The van der Waals surface area contributed by atoms with Gasteiger partial charge in [0.1, 0.15) is 9.73 Å². The minimum Gasteiger partial charge on any atom is -0.282 e. The molecule has 4 rings (SSSR count). The molecule has 0 atom stereocenters. The second kappa shape index (κ2) is 8.47. The third kappa shape index (κ3) is 3.91. The Morgan fingerprint density at radius 2 is 1.82 bits per heavy atom. The molecule has 0 radical (unpaired) electrons.